The summed E-state index contributed by atoms with van der Waals surface area (Å²) in [7, 11) is -2.89. The van der Waals surface area contributed by atoms with Crippen molar-refractivity contribution in [3.8, 4) is 0 Å². The molecule has 6 heteroatoms. The molecule has 0 amide bonds. The summed E-state index contributed by atoms with van der Waals surface area (Å²) in [5.41, 5.74) is 0.949. The Kier molecular flexibility index (Phi) is 2.32. The van der Waals surface area contributed by atoms with Crippen LogP contribution in [0.3, 0.4) is 0 Å². The van der Waals surface area contributed by atoms with E-state index in [9.17, 15) is 8.42 Å². The molecule has 1 atom stereocenters. The summed E-state index contributed by atoms with van der Waals surface area (Å²) in [6.45, 7) is 2.40. The van der Waals surface area contributed by atoms with Gasteiger partial charge in [0.2, 0.25) is 0 Å². The number of aromatic amines is 1. The van der Waals surface area contributed by atoms with Gasteiger partial charge in [0.15, 0.2) is 9.84 Å². The predicted octanol–water partition coefficient (Wildman–Crippen LogP) is -0.223. The second kappa shape index (κ2) is 3.36. The fourth-order valence-corrected chi connectivity index (χ4v) is 2.95. The van der Waals surface area contributed by atoms with Crippen molar-refractivity contribution in [1.29, 1.82) is 0 Å². The Morgan fingerprint density at radius 3 is 2.93 bits per heavy atom. The van der Waals surface area contributed by atoms with Crippen molar-refractivity contribution in [2.75, 3.05) is 18.1 Å². The van der Waals surface area contributed by atoms with E-state index in [-0.39, 0.29) is 17.5 Å². The molecule has 1 fully saturated rings. The number of sulfone groups is 1. The van der Waals surface area contributed by atoms with E-state index in [1.54, 1.807) is 6.20 Å². The first kappa shape index (κ1) is 9.67. The van der Waals surface area contributed by atoms with Crippen LogP contribution in [0, 0.1) is 6.92 Å². The van der Waals surface area contributed by atoms with Gasteiger partial charge in [0, 0.05) is 18.4 Å². The van der Waals surface area contributed by atoms with Gasteiger partial charge in [-0.3, -0.25) is 0 Å². The number of aromatic nitrogens is 2. The maximum absolute atomic E-state index is 11.4. The fourth-order valence-electron chi connectivity index (χ4n) is 1.57. The summed E-state index contributed by atoms with van der Waals surface area (Å²) in [6.07, 6.45) is 1.71. The van der Waals surface area contributed by atoms with Crippen molar-refractivity contribution in [2.45, 2.75) is 13.0 Å². The first-order valence-electron chi connectivity index (χ1n) is 4.52. The van der Waals surface area contributed by atoms with Crippen molar-refractivity contribution < 1.29 is 8.42 Å². The molecule has 2 rings (SSSR count). The molecule has 14 heavy (non-hydrogen) atoms. The Bertz CT molecular complexity index is 424. The molecular formula is C8H13N3O2S. The average Bonchev–Trinajstić information content (AvgIpc) is 2.50. The fraction of sp³-hybridized carbons (Fsp3) is 0.625. The Hall–Kier alpha value is -0.880. The normalized spacial score (nSPS) is 26.2. The number of hydrogen-bond acceptors (Lipinski definition) is 4. The number of hydrogen-bond donors (Lipinski definition) is 2. The van der Waals surface area contributed by atoms with Gasteiger partial charge in [-0.25, -0.2) is 13.4 Å². The highest BCUT2D eigenvalue weighted by molar-refractivity contribution is 7.91. The van der Waals surface area contributed by atoms with E-state index in [4.69, 9.17) is 0 Å². The minimum Gasteiger partial charge on any atom is -0.345 e. The summed E-state index contributed by atoms with van der Waals surface area (Å²) in [5, 5.41) is 3.13. The molecule has 1 unspecified atom stereocenters. The van der Waals surface area contributed by atoms with Crippen LogP contribution in [0.15, 0.2) is 6.20 Å². The van der Waals surface area contributed by atoms with Crippen molar-refractivity contribution in [2.24, 2.45) is 0 Å². The molecule has 0 spiro atoms. The molecule has 0 radical (unpaired) electrons. The van der Waals surface area contributed by atoms with Crippen LogP contribution >= 0.6 is 0 Å². The van der Waals surface area contributed by atoms with Gasteiger partial charge in [-0.05, 0) is 6.92 Å². The standard InChI is InChI=1S/C8H13N3O2S/c1-6-4-10-8(11-6)7-5-14(12,13)3-2-9-7/h4,7,9H,2-3,5H2,1H3,(H,10,11). The Morgan fingerprint density at radius 2 is 2.36 bits per heavy atom. The van der Waals surface area contributed by atoms with Crippen molar-refractivity contribution >= 4 is 9.84 Å². The summed E-state index contributed by atoms with van der Waals surface area (Å²) < 4.78 is 22.7. The molecule has 1 aliphatic rings. The molecule has 1 aromatic rings. The second-order valence-electron chi connectivity index (χ2n) is 3.57. The van der Waals surface area contributed by atoms with Crippen molar-refractivity contribution in [1.82, 2.24) is 15.3 Å². The van der Waals surface area contributed by atoms with Gasteiger partial charge in [0.25, 0.3) is 0 Å². The lowest BCUT2D eigenvalue weighted by Gasteiger charge is -2.21. The summed E-state index contributed by atoms with van der Waals surface area (Å²) in [5.74, 6) is 1.08. The van der Waals surface area contributed by atoms with Crippen LogP contribution in [0.4, 0.5) is 0 Å². The van der Waals surface area contributed by atoms with Crippen LogP contribution in [0.1, 0.15) is 17.6 Å². The first-order chi connectivity index (χ1) is 6.57. The van der Waals surface area contributed by atoms with Gasteiger partial charge >= 0.3 is 0 Å². The quantitative estimate of drug-likeness (QED) is 0.679. The van der Waals surface area contributed by atoms with E-state index >= 15 is 0 Å². The van der Waals surface area contributed by atoms with Gasteiger partial charge in [-0.1, -0.05) is 0 Å². The van der Waals surface area contributed by atoms with Gasteiger partial charge in [0.1, 0.15) is 5.82 Å². The Morgan fingerprint density at radius 1 is 1.57 bits per heavy atom. The number of H-pyrrole nitrogens is 1. The predicted molar refractivity (Wildman–Crippen MR) is 52.7 cm³/mol. The number of aryl methyl sites for hydroxylation is 1. The van der Waals surface area contributed by atoms with Crippen LogP contribution in [-0.2, 0) is 9.84 Å². The van der Waals surface area contributed by atoms with E-state index in [1.807, 2.05) is 6.92 Å². The Balaban J connectivity index is 2.20. The van der Waals surface area contributed by atoms with E-state index in [1.165, 1.54) is 0 Å². The SMILES string of the molecule is Cc1cnc(C2CS(=O)(=O)CCN2)[nH]1. The summed E-state index contributed by atoms with van der Waals surface area (Å²) >= 11 is 0. The number of nitrogens with one attached hydrogen (secondary N) is 2. The lowest BCUT2D eigenvalue weighted by Crippen LogP contribution is -2.39. The number of imidazole rings is 1. The molecule has 0 bridgehead atoms. The Labute approximate surface area is 82.9 Å². The van der Waals surface area contributed by atoms with E-state index < -0.39 is 9.84 Å². The second-order valence-corrected chi connectivity index (χ2v) is 5.80. The molecule has 2 heterocycles. The zero-order valence-corrected chi connectivity index (χ0v) is 8.76. The minimum absolute atomic E-state index is 0.139. The van der Waals surface area contributed by atoms with Crippen LogP contribution in [0.5, 0.6) is 0 Å². The molecule has 0 aliphatic carbocycles. The van der Waals surface area contributed by atoms with Gasteiger partial charge in [-0.2, -0.15) is 0 Å². The third-order valence-corrected chi connectivity index (χ3v) is 3.94. The maximum atomic E-state index is 11.4. The van der Waals surface area contributed by atoms with Crippen molar-refractivity contribution in [3.63, 3.8) is 0 Å². The molecular weight excluding hydrogens is 202 g/mol. The van der Waals surface area contributed by atoms with Crippen LogP contribution in [0.2, 0.25) is 0 Å². The molecule has 5 nitrogen and oxygen atoms in total. The molecule has 0 saturated carbocycles. The smallest absolute Gasteiger partial charge is 0.153 e. The van der Waals surface area contributed by atoms with Gasteiger partial charge < -0.3 is 10.3 Å². The van der Waals surface area contributed by atoms with Gasteiger partial charge in [0.05, 0.1) is 17.5 Å². The summed E-state index contributed by atoms with van der Waals surface area (Å²) in [6, 6.07) is -0.178. The molecule has 2 N–H and O–H groups in total. The molecule has 0 aromatic carbocycles. The lowest BCUT2D eigenvalue weighted by atomic mass is 10.3. The molecule has 78 valence electrons. The van der Waals surface area contributed by atoms with Crippen LogP contribution < -0.4 is 5.32 Å². The topological polar surface area (TPSA) is 74.8 Å². The van der Waals surface area contributed by atoms with E-state index in [2.05, 4.69) is 15.3 Å². The lowest BCUT2D eigenvalue weighted by molar-refractivity contribution is 0.517. The van der Waals surface area contributed by atoms with Gasteiger partial charge in [-0.15, -0.1) is 0 Å². The maximum Gasteiger partial charge on any atom is 0.153 e. The third-order valence-electron chi connectivity index (χ3n) is 2.28. The third kappa shape index (κ3) is 1.96. The molecule has 1 aliphatic heterocycles. The number of nitrogens with zero attached hydrogens (tertiary/aromatic N) is 1. The average molecular weight is 215 g/mol. The molecule has 1 saturated heterocycles. The van der Waals surface area contributed by atoms with Crippen LogP contribution in [-0.4, -0.2) is 36.4 Å². The monoisotopic (exact) mass is 215 g/mol. The highest BCUT2D eigenvalue weighted by atomic mass is 32.2. The van der Waals surface area contributed by atoms with Crippen LogP contribution in [0.25, 0.3) is 0 Å². The largest absolute Gasteiger partial charge is 0.345 e. The number of rotatable bonds is 1. The van der Waals surface area contributed by atoms with E-state index in [0.717, 1.165) is 5.69 Å². The molecule has 1 aromatic heterocycles. The van der Waals surface area contributed by atoms with Crippen molar-refractivity contribution in [3.05, 3.63) is 17.7 Å². The first-order valence-corrected chi connectivity index (χ1v) is 6.34. The summed E-state index contributed by atoms with van der Waals surface area (Å²) in [4.78, 5) is 7.17. The highest BCUT2D eigenvalue weighted by Crippen LogP contribution is 2.15. The zero-order valence-electron chi connectivity index (χ0n) is 7.95. The highest BCUT2D eigenvalue weighted by Gasteiger charge is 2.26. The zero-order chi connectivity index (χ0) is 10.2. The van der Waals surface area contributed by atoms with E-state index in [0.29, 0.717) is 12.4 Å². The minimum atomic E-state index is -2.89.